The highest BCUT2D eigenvalue weighted by Gasteiger charge is 2.54. The molecule has 1 aromatic heterocycles. The van der Waals surface area contributed by atoms with Crippen molar-refractivity contribution in [2.75, 3.05) is 0 Å². The second-order valence-electron chi connectivity index (χ2n) is 15.1. The summed E-state index contributed by atoms with van der Waals surface area (Å²) in [7, 11) is -2.18. The van der Waals surface area contributed by atoms with Crippen LogP contribution in [0.15, 0.2) is 18.2 Å². The maximum Gasteiger partial charge on any atom is 0.419 e. The van der Waals surface area contributed by atoms with Crippen LogP contribution >= 0.6 is 0 Å². The van der Waals surface area contributed by atoms with Gasteiger partial charge in [0.2, 0.25) is 0 Å². The molecule has 1 aliphatic heterocycles. The van der Waals surface area contributed by atoms with Crippen molar-refractivity contribution in [3.8, 4) is 0 Å². The van der Waals surface area contributed by atoms with Gasteiger partial charge in [0.25, 0.3) is 0 Å². The highest BCUT2D eigenvalue weighted by Crippen LogP contribution is 2.60. The van der Waals surface area contributed by atoms with Crippen molar-refractivity contribution in [2.45, 2.75) is 135 Å². The number of hydrogen-bond acceptors (Lipinski definition) is 3. The number of halogens is 4. The zero-order valence-electron chi connectivity index (χ0n) is 26.0. The van der Waals surface area contributed by atoms with Crippen molar-refractivity contribution in [3.63, 3.8) is 0 Å². The summed E-state index contributed by atoms with van der Waals surface area (Å²) in [4.78, 5) is 5.31. The van der Waals surface area contributed by atoms with Gasteiger partial charge in [-0.3, -0.25) is 4.98 Å². The number of fused-ring (bicyclic) bond motifs is 4. The average molecular weight is 592 g/mol. The molecule has 0 bridgehead atoms. The Balaban J connectivity index is 1.77. The normalized spacial score (nSPS) is 23.8. The first-order chi connectivity index (χ1) is 18.8. The van der Waals surface area contributed by atoms with Crippen LogP contribution in [0.3, 0.4) is 0 Å². The van der Waals surface area contributed by atoms with E-state index in [0.717, 1.165) is 78.7 Å². The summed E-state index contributed by atoms with van der Waals surface area (Å²) < 4.78 is 69.4. The predicted molar refractivity (Wildman–Crippen MR) is 156 cm³/mol. The zero-order valence-corrected chi connectivity index (χ0v) is 27.0. The number of benzene rings is 1. The third kappa shape index (κ3) is 5.31. The van der Waals surface area contributed by atoms with Gasteiger partial charge in [-0.1, -0.05) is 67.4 Å². The lowest BCUT2D eigenvalue weighted by Gasteiger charge is -2.45. The van der Waals surface area contributed by atoms with Crippen molar-refractivity contribution in [2.24, 2.45) is 5.41 Å². The molecule has 0 N–H and O–H groups in total. The molecule has 1 fully saturated rings. The van der Waals surface area contributed by atoms with Gasteiger partial charge in [-0.05, 0) is 78.4 Å². The number of aromatic nitrogens is 1. The number of rotatable bonds is 4. The highest BCUT2D eigenvalue weighted by molar-refractivity contribution is 6.74. The molecule has 1 spiro atoms. The first-order valence-corrected chi connectivity index (χ1v) is 18.0. The molecule has 2 atom stereocenters. The Morgan fingerprint density at radius 3 is 2.22 bits per heavy atom. The summed E-state index contributed by atoms with van der Waals surface area (Å²) in [5, 5.41) is 0.0189. The zero-order chi connectivity index (χ0) is 30.3. The van der Waals surface area contributed by atoms with Crippen LogP contribution < -0.4 is 0 Å². The minimum Gasteiger partial charge on any atom is -0.410 e. The minimum atomic E-state index is -4.76. The molecule has 3 aliphatic rings. The maximum absolute atomic E-state index is 14.9. The standard InChI is InChI=1S/C33H45F4NO2Si/c1-19(2)28-26-27(25-23(38-28)17-31(6,7)18-24(25)40-41(8,9)30(3,4)5)32(14-10-11-15-32)39-29(26)20-12-13-21(22(34)16-20)33(35,36)37/h12-13,16,19,24,29H,10-11,14-15,17-18H2,1-9H3/t24-,29+/m0/s1. The van der Waals surface area contributed by atoms with E-state index in [1.54, 1.807) is 0 Å². The van der Waals surface area contributed by atoms with Gasteiger partial charge >= 0.3 is 6.18 Å². The lowest BCUT2D eigenvalue weighted by Crippen LogP contribution is -2.44. The van der Waals surface area contributed by atoms with Crippen LogP contribution in [0.4, 0.5) is 17.6 Å². The molecule has 1 aromatic carbocycles. The summed E-state index contributed by atoms with van der Waals surface area (Å²) in [5.41, 5.74) is 3.70. The monoisotopic (exact) mass is 591 g/mol. The molecular formula is C33H45F4NO2Si. The Hall–Kier alpha value is -1.77. The fraction of sp³-hybridized carbons (Fsp3) is 0.667. The fourth-order valence-corrected chi connectivity index (χ4v) is 8.21. The van der Waals surface area contributed by atoms with Crippen LogP contribution in [-0.4, -0.2) is 13.3 Å². The Kier molecular flexibility index (Phi) is 7.39. The van der Waals surface area contributed by atoms with Gasteiger partial charge in [0.05, 0.1) is 17.3 Å². The number of nitrogens with zero attached hydrogens (tertiary/aromatic N) is 1. The van der Waals surface area contributed by atoms with E-state index in [1.807, 2.05) is 0 Å². The number of alkyl halides is 3. The lowest BCUT2D eigenvalue weighted by atomic mass is 9.70. The Labute approximate surface area is 243 Å². The average Bonchev–Trinajstić information content (AvgIpc) is 3.41. The molecule has 1 saturated carbocycles. The molecule has 3 nitrogen and oxygen atoms in total. The smallest absolute Gasteiger partial charge is 0.410 e. The molecule has 226 valence electrons. The third-order valence-corrected chi connectivity index (χ3v) is 14.4. The van der Waals surface area contributed by atoms with E-state index in [1.165, 1.54) is 6.07 Å². The maximum atomic E-state index is 14.9. The van der Waals surface area contributed by atoms with Gasteiger partial charge in [-0.15, -0.1) is 0 Å². The van der Waals surface area contributed by atoms with E-state index in [0.29, 0.717) is 5.56 Å². The molecule has 5 rings (SSSR count). The van der Waals surface area contributed by atoms with Crippen LogP contribution in [0.2, 0.25) is 18.1 Å². The van der Waals surface area contributed by atoms with Crippen molar-refractivity contribution < 1.29 is 26.7 Å². The van der Waals surface area contributed by atoms with Crippen LogP contribution in [0.5, 0.6) is 0 Å². The largest absolute Gasteiger partial charge is 0.419 e. The van der Waals surface area contributed by atoms with E-state index in [9.17, 15) is 17.6 Å². The molecule has 2 aliphatic carbocycles. The van der Waals surface area contributed by atoms with Crippen molar-refractivity contribution >= 4 is 8.32 Å². The van der Waals surface area contributed by atoms with Gasteiger partial charge < -0.3 is 9.16 Å². The van der Waals surface area contributed by atoms with Gasteiger partial charge in [-0.25, -0.2) is 4.39 Å². The lowest BCUT2D eigenvalue weighted by molar-refractivity contribution is -0.140. The number of hydrogen-bond donors (Lipinski definition) is 0. The topological polar surface area (TPSA) is 31.4 Å². The summed E-state index contributed by atoms with van der Waals surface area (Å²) in [6.07, 6.45) is -0.260. The van der Waals surface area contributed by atoms with E-state index in [4.69, 9.17) is 14.1 Å². The minimum absolute atomic E-state index is 0.00618. The highest BCUT2D eigenvalue weighted by atomic mass is 28.4. The summed E-state index contributed by atoms with van der Waals surface area (Å²) in [6.45, 7) is 20.0. The second-order valence-corrected chi connectivity index (χ2v) is 19.9. The molecule has 2 heterocycles. The van der Waals surface area contributed by atoms with Gasteiger partial charge in [0.15, 0.2) is 8.32 Å². The molecule has 0 saturated heterocycles. The summed E-state index contributed by atoms with van der Waals surface area (Å²) in [5.74, 6) is -1.22. The van der Waals surface area contributed by atoms with Crippen LogP contribution in [0, 0.1) is 11.2 Å². The SMILES string of the molecule is CC(C)c1nc2c(c3c1[C@@H](c1ccc(C(F)(F)F)c(F)c1)OC31CCCC1)[C@@H](O[Si](C)(C)C(C)(C)C)CC(C)(C)C2. The molecule has 0 unspecified atom stereocenters. The summed E-state index contributed by atoms with van der Waals surface area (Å²) >= 11 is 0. The van der Waals surface area contributed by atoms with E-state index < -0.39 is 37.6 Å². The third-order valence-electron chi connectivity index (χ3n) is 9.95. The van der Waals surface area contributed by atoms with Crippen LogP contribution in [0.1, 0.15) is 138 Å². The molecule has 8 heteroatoms. The van der Waals surface area contributed by atoms with Crippen LogP contribution in [0.25, 0.3) is 0 Å². The predicted octanol–water partition coefficient (Wildman–Crippen LogP) is 10.3. The molecule has 0 amide bonds. The Bertz CT molecular complexity index is 1340. The number of ether oxygens (including phenoxy) is 1. The summed E-state index contributed by atoms with van der Waals surface area (Å²) in [6, 6.07) is 3.24. The van der Waals surface area contributed by atoms with Crippen molar-refractivity contribution in [1.82, 2.24) is 4.98 Å². The first kappa shape index (κ1) is 30.7. The van der Waals surface area contributed by atoms with E-state index in [-0.39, 0.29) is 22.5 Å². The molecule has 2 aromatic rings. The van der Waals surface area contributed by atoms with E-state index in [2.05, 4.69) is 61.6 Å². The molecular weight excluding hydrogens is 546 g/mol. The number of pyridine rings is 1. The van der Waals surface area contributed by atoms with Crippen molar-refractivity contribution in [1.29, 1.82) is 0 Å². The van der Waals surface area contributed by atoms with Gasteiger partial charge in [0.1, 0.15) is 11.9 Å². The molecule has 41 heavy (non-hydrogen) atoms. The quantitative estimate of drug-likeness (QED) is 0.262. The first-order valence-electron chi connectivity index (χ1n) is 15.1. The second kappa shape index (κ2) is 9.88. The van der Waals surface area contributed by atoms with Crippen LogP contribution in [-0.2, 0) is 27.4 Å². The van der Waals surface area contributed by atoms with Gasteiger partial charge in [0, 0.05) is 22.5 Å². The molecule has 0 radical (unpaired) electrons. The van der Waals surface area contributed by atoms with Crippen molar-refractivity contribution in [3.05, 3.63) is 63.2 Å². The Morgan fingerprint density at radius 1 is 1.05 bits per heavy atom. The fourth-order valence-electron chi connectivity index (χ4n) is 6.94. The van der Waals surface area contributed by atoms with Gasteiger partial charge in [-0.2, -0.15) is 13.2 Å². The Morgan fingerprint density at radius 2 is 1.68 bits per heavy atom. The van der Waals surface area contributed by atoms with E-state index >= 15 is 0 Å².